The molecule has 3 nitrogen and oxygen atoms in total. The Kier molecular flexibility index (Phi) is 3.65. The van der Waals surface area contributed by atoms with Crippen LogP contribution in [0.2, 0.25) is 0 Å². The molecule has 0 radical (unpaired) electrons. The summed E-state index contributed by atoms with van der Waals surface area (Å²) in [5, 5.41) is 3.37. The van der Waals surface area contributed by atoms with Gasteiger partial charge in [-0.05, 0) is 30.2 Å². The first-order chi connectivity index (χ1) is 9.72. The van der Waals surface area contributed by atoms with Crippen molar-refractivity contribution in [2.24, 2.45) is 0 Å². The quantitative estimate of drug-likeness (QED) is 0.929. The zero-order chi connectivity index (χ0) is 13.9. The summed E-state index contributed by atoms with van der Waals surface area (Å²) in [5.41, 5.74) is 2.10. The normalized spacial score (nSPS) is 18.4. The molecule has 1 aliphatic rings. The minimum atomic E-state index is -0.305. The molecule has 20 heavy (non-hydrogen) atoms. The van der Waals surface area contributed by atoms with Crippen LogP contribution in [0.3, 0.4) is 0 Å². The first kappa shape index (κ1) is 13.1. The molecule has 2 heterocycles. The van der Waals surface area contributed by atoms with Crippen molar-refractivity contribution in [1.29, 1.82) is 0 Å². The van der Waals surface area contributed by atoms with Crippen LogP contribution in [0.1, 0.15) is 24.1 Å². The van der Waals surface area contributed by atoms with Crippen LogP contribution in [-0.2, 0) is 6.42 Å². The SMILES string of the molecule is CC(NCC1Cc2ccccc2O1)c1cncc(F)c1. The molecular weight excluding hydrogens is 255 g/mol. The van der Waals surface area contributed by atoms with Crippen molar-refractivity contribution in [1.82, 2.24) is 10.3 Å². The monoisotopic (exact) mass is 272 g/mol. The van der Waals surface area contributed by atoms with Gasteiger partial charge in [-0.1, -0.05) is 18.2 Å². The largest absolute Gasteiger partial charge is 0.488 e. The Morgan fingerprint density at radius 3 is 3.05 bits per heavy atom. The molecule has 3 rings (SSSR count). The van der Waals surface area contributed by atoms with Gasteiger partial charge >= 0.3 is 0 Å². The molecule has 1 N–H and O–H groups in total. The lowest BCUT2D eigenvalue weighted by atomic mass is 10.1. The fourth-order valence-electron chi connectivity index (χ4n) is 2.46. The summed E-state index contributed by atoms with van der Waals surface area (Å²) >= 11 is 0. The zero-order valence-electron chi connectivity index (χ0n) is 11.3. The number of rotatable bonds is 4. The average molecular weight is 272 g/mol. The highest BCUT2D eigenvalue weighted by atomic mass is 19.1. The Balaban J connectivity index is 1.56. The molecule has 2 aromatic rings. The molecule has 0 saturated carbocycles. The third-order valence-electron chi connectivity index (χ3n) is 3.59. The van der Waals surface area contributed by atoms with E-state index in [1.54, 1.807) is 6.20 Å². The number of pyridine rings is 1. The van der Waals surface area contributed by atoms with Crippen LogP contribution in [0.5, 0.6) is 5.75 Å². The number of nitrogens with one attached hydrogen (secondary N) is 1. The third-order valence-corrected chi connectivity index (χ3v) is 3.59. The highest BCUT2D eigenvalue weighted by Gasteiger charge is 2.22. The molecule has 1 aliphatic heterocycles. The van der Waals surface area contributed by atoms with E-state index in [-0.39, 0.29) is 18.0 Å². The summed E-state index contributed by atoms with van der Waals surface area (Å²) in [6, 6.07) is 9.65. The second kappa shape index (κ2) is 5.59. The van der Waals surface area contributed by atoms with E-state index in [9.17, 15) is 4.39 Å². The third kappa shape index (κ3) is 2.80. The maximum atomic E-state index is 13.1. The summed E-state index contributed by atoms with van der Waals surface area (Å²) in [4.78, 5) is 3.87. The number of hydrogen-bond acceptors (Lipinski definition) is 3. The topological polar surface area (TPSA) is 34.1 Å². The van der Waals surface area contributed by atoms with Gasteiger partial charge in [-0.3, -0.25) is 4.98 Å². The van der Waals surface area contributed by atoms with Gasteiger partial charge in [-0.25, -0.2) is 4.39 Å². The Labute approximate surface area is 117 Å². The van der Waals surface area contributed by atoms with E-state index in [2.05, 4.69) is 16.4 Å². The van der Waals surface area contributed by atoms with Gasteiger partial charge in [0.25, 0.3) is 0 Å². The Morgan fingerprint density at radius 2 is 2.25 bits per heavy atom. The van der Waals surface area contributed by atoms with Crippen molar-refractivity contribution >= 4 is 0 Å². The van der Waals surface area contributed by atoms with Gasteiger partial charge in [-0.2, -0.15) is 0 Å². The van der Waals surface area contributed by atoms with Crippen molar-refractivity contribution in [2.45, 2.75) is 25.5 Å². The van der Waals surface area contributed by atoms with Gasteiger partial charge < -0.3 is 10.1 Å². The number of aromatic nitrogens is 1. The summed E-state index contributed by atoms with van der Waals surface area (Å²) in [6.45, 7) is 2.73. The van der Waals surface area contributed by atoms with Crippen molar-refractivity contribution in [3.05, 3.63) is 59.7 Å². The van der Waals surface area contributed by atoms with Gasteiger partial charge in [0, 0.05) is 25.2 Å². The van der Waals surface area contributed by atoms with Gasteiger partial charge in [0.05, 0.1) is 6.20 Å². The van der Waals surface area contributed by atoms with Gasteiger partial charge in [0.1, 0.15) is 17.7 Å². The van der Waals surface area contributed by atoms with Gasteiger partial charge in [0.15, 0.2) is 0 Å². The van der Waals surface area contributed by atoms with Crippen molar-refractivity contribution in [3.63, 3.8) is 0 Å². The molecule has 2 atom stereocenters. The molecule has 0 aliphatic carbocycles. The number of ether oxygens (including phenoxy) is 1. The number of nitrogens with zero attached hydrogens (tertiary/aromatic N) is 1. The first-order valence-electron chi connectivity index (χ1n) is 6.81. The van der Waals surface area contributed by atoms with Crippen molar-refractivity contribution in [2.75, 3.05) is 6.54 Å². The van der Waals surface area contributed by atoms with E-state index in [0.29, 0.717) is 0 Å². The highest BCUT2D eigenvalue weighted by molar-refractivity contribution is 5.37. The molecule has 0 bridgehead atoms. The van der Waals surface area contributed by atoms with Crippen LogP contribution >= 0.6 is 0 Å². The lowest BCUT2D eigenvalue weighted by Crippen LogP contribution is -2.32. The van der Waals surface area contributed by atoms with Crippen LogP contribution in [0.25, 0.3) is 0 Å². The minimum absolute atomic E-state index is 0.0468. The molecular formula is C16H17FN2O. The number of fused-ring (bicyclic) bond motifs is 1. The second-order valence-corrected chi connectivity index (χ2v) is 5.12. The lowest BCUT2D eigenvalue weighted by molar-refractivity contribution is 0.222. The van der Waals surface area contributed by atoms with E-state index in [1.807, 2.05) is 25.1 Å². The summed E-state index contributed by atoms with van der Waals surface area (Å²) < 4.78 is 19.0. The maximum absolute atomic E-state index is 13.1. The van der Waals surface area contributed by atoms with Crippen LogP contribution in [0, 0.1) is 5.82 Å². The lowest BCUT2D eigenvalue weighted by Gasteiger charge is -2.17. The number of halogens is 1. The molecule has 0 spiro atoms. The molecule has 4 heteroatoms. The fourth-order valence-corrected chi connectivity index (χ4v) is 2.46. The summed E-state index contributed by atoms with van der Waals surface area (Å²) in [6.07, 6.45) is 3.95. The van der Waals surface area contributed by atoms with Crippen molar-refractivity contribution in [3.8, 4) is 5.75 Å². The van der Waals surface area contributed by atoms with Crippen LogP contribution in [-0.4, -0.2) is 17.6 Å². The van der Waals surface area contributed by atoms with Crippen LogP contribution < -0.4 is 10.1 Å². The molecule has 0 fully saturated rings. The molecule has 104 valence electrons. The van der Waals surface area contributed by atoms with Gasteiger partial charge in [0.2, 0.25) is 0 Å². The molecule has 1 aromatic heterocycles. The van der Waals surface area contributed by atoms with Crippen LogP contribution in [0.15, 0.2) is 42.7 Å². The van der Waals surface area contributed by atoms with E-state index >= 15 is 0 Å². The Morgan fingerprint density at radius 1 is 1.40 bits per heavy atom. The summed E-state index contributed by atoms with van der Waals surface area (Å²) in [5.74, 6) is 0.667. The van der Waals surface area contributed by atoms with E-state index in [0.717, 1.165) is 24.3 Å². The molecule has 2 unspecified atom stereocenters. The Hall–Kier alpha value is -1.94. The van der Waals surface area contributed by atoms with E-state index in [1.165, 1.54) is 17.8 Å². The highest BCUT2D eigenvalue weighted by Crippen LogP contribution is 2.28. The van der Waals surface area contributed by atoms with Gasteiger partial charge in [-0.15, -0.1) is 0 Å². The maximum Gasteiger partial charge on any atom is 0.141 e. The standard InChI is InChI=1S/C16H17FN2O/c1-11(13-6-14(17)9-18-8-13)19-10-15-7-12-4-2-3-5-16(12)20-15/h2-6,8-9,11,15,19H,7,10H2,1H3. The second-order valence-electron chi connectivity index (χ2n) is 5.12. The fraction of sp³-hybridized carbons (Fsp3) is 0.312. The predicted molar refractivity (Wildman–Crippen MR) is 75.2 cm³/mol. The Bertz CT molecular complexity index is 578. The summed E-state index contributed by atoms with van der Waals surface area (Å²) in [7, 11) is 0. The predicted octanol–water partition coefficient (Wildman–Crippen LogP) is 2.88. The minimum Gasteiger partial charge on any atom is -0.488 e. The van der Waals surface area contributed by atoms with E-state index < -0.39 is 0 Å². The van der Waals surface area contributed by atoms with Crippen molar-refractivity contribution < 1.29 is 9.13 Å². The van der Waals surface area contributed by atoms with Crippen LogP contribution in [0.4, 0.5) is 4.39 Å². The molecule has 0 saturated heterocycles. The molecule has 1 aromatic carbocycles. The molecule has 0 amide bonds. The first-order valence-corrected chi connectivity index (χ1v) is 6.81. The number of hydrogen-bond donors (Lipinski definition) is 1. The average Bonchev–Trinajstić information content (AvgIpc) is 2.87. The van der Waals surface area contributed by atoms with E-state index in [4.69, 9.17) is 4.74 Å². The zero-order valence-corrected chi connectivity index (χ0v) is 11.3. The smallest absolute Gasteiger partial charge is 0.141 e. The number of benzene rings is 1. The number of para-hydroxylation sites is 1.